The lowest BCUT2D eigenvalue weighted by Crippen LogP contribution is -2.50. The van der Waals surface area contributed by atoms with Crippen molar-refractivity contribution in [3.63, 3.8) is 0 Å². The van der Waals surface area contributed by atoms with Crippen LogP contribution < -0.4 is 5.32 Å². The molecule has 6 heteroatoms. The van der Waals surface area contributed by atoms with Crippen molar-refractivity contribution in [1.82, 2.24) is 15.2 Å². The Morgan fingerprint density at radius 1 is 1.48 bits per heavy atom. The summed E-state index contributed by atoms with van der Waals surface area (Å²) in [6, 6.07) is 0. The number of morpholine rings is 1. The Hall–Kier alpha value is -0.530. The van der Waals surface area contributed by atoms with Crippen LogP contribution in [0, 0.1) is 0 Å². The van der Waals surface area contributed by atoms with Gasteiger partial charge in [0.15, 0.2) is 0 Å². The van der Waals surface area contributed by atoms with E-state index in [1.54, 1.807) is 11.3 Å². The average Bonchev–Trinajstić information content (AvgIpc) is 3.19. The maximum atomic E-state index is 10.5. The lowest BCUT2D eigenvalue weighted by molar-refractivity contribution is -0.0219. The van der Waals surface area contributed by atoms with Gasteiger partial charge in [0.25, 0.3) is 0 Å². The van der Waals surface area contributed by atoms with Crippen LogP contribution in [-0.2, 0) is 11.3 Å². The second-order valence-corrected chi connectivity index (χ2v) is 7.33. The summed E-state index contributed by atoms with van der Waals surface area (Å²) in [4.78, 5) is 6.92. The molecule has 0 bridgehead atoms. The van der Waals surface area contributed by atoms with Crippen molar-refractivity contribution in [2.24, 2.45) is 0 Å². The molecular formula is C15H25N3O2S. The van der Waals surface area contributed by atoms with Crippen LogP contribution >= 0.6 is 11.3 Å². The summed E-state index contributed by atoms with van der Waals surface area (Å²) in [5, 5.41) is 17.2. The molecule has 3 rings (SSSR count). The lowest BCUT2D eigenvalue weighted by Gasteiger charge is -2.33. The molecule has 0 amide bonds. The Morgan fingerprint density at radius 3 is 2.95 bits per heavy atom. The zero-order chi connectivity index (χ0) is 14.7. The van der Waals surface area contributed by atoms with Crippen molar-refractivity contribution in [1.29, 1.82) is 0 Å². The van der Waals surface area contributed by atoms with Gasteiger partial charge in [-0.25, -0.2) is 4.98 Å². The molecule has 1 aromatic rings. The standard InChI is InChI=1S/C15H25N3O2S/c1-15(19,11-18-4-6-20-7-5-18)10-16-8-13-9-21-14(17-13)12-2-3-12/h9,12,16,19H,2-8,10-11H2,1H3. The number of thiazole rings is 1. The van der Waals surface area contributed by atoms with Gasteiger partial charge < -0.3 is 15.2 Å². The van der Waals surface area contributed by atoms with Crippen molar-refractivity contribution < 1.29 is 9.84 Å². The van der Waals surface area contributed by atoms with Crippen LogP contribution in [0.2, 0.25) is 0 Å². The Balaban J connectivity index is 1.40. The number of rotatable bonds is 7. The molecule has 0 radical (unpaired) electrons. The van der Waals surface area contributed by atoms with Crippen molar-refractivity contribution >= 4 is 11.3 Å². The number of ether oxygens (including phenoxy) is 1. The van der Waals surface area contributed by atoms with E-state index in [4.69, 9.17) is 4.74 Å². The molecule has 1 atom stereocenters. The first-order valence-corrected chi connectivity index (χ1v) is 8.68. The average molecular weight is 311 g/mol. The third kappa shape index (κ3) is 4.72. The van der Waals surface area contributed by atoms with E-state index >= 15 is 0 Å². The van der Waals surface area contributed by atoms with E-state index in [0.29, 0.717) is 13.1 Å². The van der Waals surface area contributed by atoms with Gasteiger partial charge in [0.05, 0.1) is 29.5 Å². The molecule has 1 aromatic heterocycles. The summed E-state index contributed by atoms with van der Waals surface area (Å²) in [5.41, 5.74) is 0.385. The molecule has 1 aliphatic heterocycles. The van der Waals surface area contributed by atoms with E-state index in [9.17, 15) is 5.11 Å². The molecule has 0 spiro atoms. The smallest absolute Gasteiger partial charge is 0.0959 e. The first kappa shape index (κ1) is 15.4. The van der Waals surface area contributed by atoms with Gasteiger partial charge >= 0.3 is 0 Å². The lowest BCUT2D eigenvalue weighted by atomic mass is 10.1. The van der Waals surface area contributed by atoms with E-state index in [2.05, 4.69) is 20.6 Å². The number of aromatic nitrogens is 1. The number of nitrogens with zero attached hydrogens (tertiary/aromatic N) is 2. The molecule has 1 aliphatic carbocycles. The first-order valence-electron chi connectivity index (χ1n) is 7.80. The largest absolute Gasteiger partial charge is 0.388 e. The fourth-order valence-electron chi connectivity index (χ4n) is 2.68. The van der Waals surface area contributed by atoms with Gasteiger partial charge in [-0.15, -0.1) is 11.3 Å². The molecular weight excluding hydrogens is 286 g/mol. The summed E-state index contributed by atoms with van der Waals surface area (Å²) in [6.07, 6.45) is 2.60. The number of hydrogen-bond acceptors (Lipinski definition) is 6. The maximum absolute atomic E-state index is 10.5. The summed E-state index contributed by atoms with van der Waals surface area (Å²) in [7, 11) is 0. The molecule has 21 heavy (non-hydrogen) atoms. The van der Waals surface area contributed by atoms with Crippen LogP contribution in [0.1, 0.15) is 36.4 Å². The molecule has 118 valence electrons. The van der Waals surface area contributed by atoms with Crippen molar-refractivity contribution in [3.05, 3.63) is 16.1 Å². The zero-order valence-corrected chi connectivity index (χ0v) is 13.5. The Labute approximate surface area is 130 Å². The SMILES string of the molecule is CC(O)(CNCc1csc(C2CC2)n1)CN1CCOCC1. The second-order valence-electron chi connectivity index (χ2n) is 6.44. The molecule has 2 aliphatic rings. The van der Waals surface area contributed by atoms with Crippen LogP contribution in [0.25, 0.3) is 0 Å². The summed E-state index contributed by atoms with van der Waals surface area (Å²) in [6.45, 7) is 7.27. The van der Waals surface area contributed by atoms with Gasteiger partial charge in [0, 0.05) is 44.0 Å². The Bertz CT molecular complexity index is 454. The van der Waals surface area contributed by atoms with E-state index in [1.807, 2.05) is 6.92 Å². The van der Waals surface area contributed by atoms with Crippen molar-refractivity contribution in [2.75, 3.05) is 39.4 Å². The summed E-state index contributed by atoms with van der Waals surface area (Å²) in [5.74, 6) is 0.730. The topological polar surface area (TPSA) is 57.6 Å². The summed E-state index contributed by atoms with van der Waals surface area (Å²) >= 11 is 1.77. The monoisotopic (exact) mass is 311 g/mol. The quantitative estimate of drug-likeness (QED) is 0.792. The van der Waals surface area contributed by atoms with E-state index in [0.717, 1.165) is 44.5 Å². The number of hydrogen-bond donors (Lipinski definition) is 2. The van der Waals surface area contributed by atoms with E-state index in [-0.39, 0.29) is 0 Å². The predicted molar refractivity (Wildman–Crippen MR) is 83.7 cm³/mol. The highest BCUT2D eigenvalue weighted by atomic mass is 32.1. The van der Waals surface area contributed by atoms with Gasteiger partial charge in [-0.05, 0) is 19.8 Å². The third-order valence-electron chi connectivity index (χ3n) is 3.98. The van der Waals surface area contributed by atoms with Gasteiger partial charge in [0.1, 0.15) is 0 Å². The molecule has 5 nitrogen and oxygen atoms in total. The van der Waals surface area contributed by atoms with Gasteiger partial charge in [-0.3, -0.25) is 4.90 Å². The highest BCUT2D eigenvalue weighted by Crippen LogP contribution is 2.41. The van der Waals surface area contributed by atoms with Crippen LogP contribution in [0.15, 0.2) is 5.38 Å². The molecule has 2 N–H and O–H groups in total. The Kier molecular flexibility index (Phi) is 4.91. The fourth-order valence-corrected chi connectivity index (χ4v) is 3.67. The molecule has 1 unspecified atom stereocenters. The highest BCUT2D eigenvalue weighted by Gasteiger charge is 2.27. The predicted octanol–water partition coefficient (Wildman–Crippen LogP) is 1.19. The first-order chi connectivity index (χ1) is 10.1. The van der Waals surface area contributed by atoms with Crippen LogP contribution in [0.4, 0.5) is 0 Å². The normalized spacial score (nSPS) is 23.1. The van der Waals surface area contributed by atoms with Gasteiger partial charge in [-0.1, -0.05) is 0 Å². The minimum atomic E-state index is -0.716. The van der Waals surface area contributed by atoms with Gasteiger partial charge in [-0.2, -0.15) is 0 Å². The van der Waals surface area contributed by atoms with Crippen LogP contribution in [0.3, 0.4) is 0 Å². The van der Waals surface area contributed by atoms with E-state index in [1.165, 1.54) is 17.8 Å². The highest BCUT2D eigenvalue weighted by molar-refractivity contribution is 7.09. The van der Waals surface area contributed by atoms with E-state index < -0.39 is 5.60 Å². The third-order valence-corrected chi connectivity index (χ3v) is 5.03. The van der Waals surface area contributed by atoms with Crippen LogP contribution in [-0.4, -0.2) is 60.0 Å². The maximum Gasteiger partial charge on any atom is 0.0959 e. The molecule has 1 saturated carbocycles. The molecule has 2 heterocycles. The molecule has 1 saturated heterocycles. The van der Waals surface area contributed by atoms with Crippen molar-refractivity contribution in [3.8, 4) is 0 Å². The second kappa shape index (κ2) is 6.71. The Morgan fingerprint density at radius 2 is 2.24 bits per heavy atom. The van der Waals surface area contributed by atoms with Gasteiger partial charge in [0.2, 0.25) is 0 Å². The number of β-amino-alcohol motifs (C(OH)–C–C–N with tert-alkyl or cyclic N) is 1. The fraction of sp³-hybridized carbons (Fsp3) is 0.800. The number of nitrogens with one attached hydrogen (secondary N) is 1. The number of aliphatic hydroxyl groups is 1. The summed E-state index contributed by atoms with van der Waals surface area (Å²) < 4.78 is 5.33. The minimum Gasteiger partial charge on any atom is -0.388 e. The minimum absolute atomic E-state index is 0.584. The van der Waals surface area contributed by atoms with Crippen LogP contribution in [0.5, 0.6) is 0 Å². The van der Waals surface area contributed by atoms with Crippen molar-refractivity contribution in [2.45, 2.75) is 37.8 Å². The molecule has 2 fully saturated rings. The zero-order valence-electron chi connectivity index (χ0n) is 12.7. The molecule has 0 aromatic carbocycles.